The fourth-order valence-corrected chi connectivity index (χ4v) is 1.66. The van der Waals surface area contributed by atoms with Crippen molar-refractivity contribution in [3.63, 3.8) is 0 Å². The van der Waals surface area contributed by atoms with E-state index in [4.69, 9.17) is 4.18 Å². The van der Waals surface area contributed by atoms with Gasteiger partial charge in [0.2, 0.25) is 0 Å². The topological polar surface area (TPSA) is 72.5 Å². The number of amides is 1. The lowest BCUT2D eigenvalue weighted by atomic mass is 10.1. The van der Waals surface area contributed by atoms with Gasteiger partial charge in [0.15, 0.2) is 5.75 Å². The number of nitrogens with one attached hydrogen (secondary N) is 1. The van der Waals surface area contributed by atoms with E-state index in [1.54, 1.807) is 19.1 Å². The third kappa shape index (κ3) is 3.23. The van der Waals surface area contributed by atoms with Crippen LogP contribution in [0, 0.1) is 6.92 Å². The third-order valence-electron chi connectivity index (χ3n) is 1.85. The average Bonchev–Trinajstić information content (AvgIpc) is 2.17. The number of rotatable bonds is 3. The first-order valence-corrected chi connectivity index (χ1v) is 6.37. The molecule has 5 nitrogen and oxygen atoms in total. The van der Waals surface area contributed by atoms with Crippen LogP contribution in [-0.4, -0.2) is 27.6 Å². The Bertz CT molecular complexity index is 508. The Balaban J connectivity index is 3.23. The van der Waals surface area contributed by atoms with Crippen LogP contribution >= 0.6 is 0 Å². The van der Waals surface area contributed by atoms with Crippen LogP contribution in [0.3, 0.4) is 0 Å². The Labute approximate surface area is 94.6 Å². The molecule has 0 saturated heterocycles. The molecule has 1 aromatic carbocycles. The lowest BCUT2D eigenvalue weighted by Crippen LogP contribution is -2.20. The van der Waals surface area contributed by atoms with Crippen molar-refractivity contribution in [3.8, 4) is 5.75 Å². The van der Waals surface area contributed by atoms with E-state index in [2.05, 4.69) is 5.32 Å². The second-order valence-corrected chi connectivity index (χ2v) is 4.94. The molecule has 0 aliphatic rings. The Kier molecular flexibility index (Phi) is 3.54. The monoisotopic (exact) mass is 243 g/mol. The minimum absolute atomic E-state index is 0.0347. The van der Waals surface area contributed by atoms with Gasteiger partial charge in [-0.2, -0.15) is 8.42 Å². The molecule has 1 rings (SSSR count). The Morgan fingerprint density at radius 3 is 2.50 bits per heavy atom. The highest BCUT2D eigenvalue weighted by Crippen LogP contribution is 2.21. The predicted octanol–water partition coefficient (Wildman–Crippen LogP) is 0.693. The predicted molar refractivity (Wildman–Crippen MR) is 60.0 cm³/mol. The summed E-state index contributed by atoms with van der Waals surface area (Å²) in [5.74, 6) is -0.352. The number of aryl methyl sites for hydroxylation is 1. The maximum Gasteiger partial charge on any atom is 0.306 e. The Morgan fingerprint density at radius 1 is 1.38 bits per heavy atom. The van der Waals surface area contributed by atoms with Crippen LogP contribution in [0.2, 0.25) is 0 Å². The zero-order chi connectivity index (χ0) is 12.3. The molecule has 0 spiro atoms. The molecule has 0 saturated carbocycles. The number of carbonyl (C=O) groups excluding carboxylic acids is 1. The van der Waals surface area contributed by atoms with E-state index >= 15 is 0 Å². The first kappa shape index (κ1) is 12.5. The van der Waals surface area contributed by atoms with Gasteiger partial charge in [-0.3, -0.25) is 4.79 Å². The molecule has 0 heterocycles. The van der Waals surface area contributed by atoms with Crippen molar-refractivity contribution in [2.24, 2.45) is 0 Å². The van der Waals surface area contributed by atoms with Gasteiger partial charge in [-0.1, -0.05) is 11.6 Å². The van der Waals surface area contributed by atoms with Gasteiger partial charge in [-0.05, 0) is 19.1 Å². The molecule has 0 atom stereocenters. The summed E-state index contributed by atoms with van der Waals surface area (Å²) in [4.78, 5) is 11.5. The molecule has 1 N–H and O–H groups in total. The van der Waals surface area contributed by atoms with Gasteiger partial charge < -0.3 is 9.50 Å². The largest absolute Gasteiger partial charge is 0.382 e. The first-order chi connectivity index (χ1) is 7.33. The van der Waals surface area contributed by atoms with Gasteiger partial charge in [0.1, 0.15) is 0 Å². The fraction of sp³-hybridized carbons (Fsp3) is 0.300. The lowest BCUT2D eigenvalue weighted by Gasteiger charge is -2.09. The van der Waals surface area contributed by atoms with Crippen molar-refractivity contribution < 1.29 is 17.4 Å². The highest BCUT2D eigenvalue weighted by molar-refractivity contribution is 7.86. The molecular weight excluding hydrogens is 230 g/mol. The lowest BCUT2D eigenvalue weighted by molar-refractivity contribution is 0.0961. The molecule has 6 heteroatoms. The molecule has 1 amide bonds. The van der Waals surface area contributed by atoms with Crippen LogP contribution < -0.4 is 9.50 Å². The van der Waals surface area contributed by atoms with E-state index in [1.807, 2.05) is 0 Å². The fourth-order valence-electron chi connectivity index (χ4n) is 1.19. The highest BCUT2D eigenvalue weighted by atomic mass is 32.2. The summed E-state index contributed by atoms with van der Waals surface area (Å²) < 4.78 is 26.7. The Morgan fingerprint density at radius 2 is 2.00 bits per heavy atom. The summed E-state index contributed by atoms with van der Waals surface area (Å²) >= 11 is 0. The molecule has 0 aromatic heterocycles. The normalized spacial score (nSPS) is 10.9. The molecule has 0 unspecified atom stereocenters. The van der Waals surface area contributed by atoms with Crippen LogP contribution in [0.25, 0.3) is 0 Å². The van der Waals surface area contributed by atoms with Crippen molar-refractivity contribution in [1.29, 1.82) is 0 Å². The molecular formula is C10H13NO4S. The molecule has 88 valence electrons. The van der Waals surface area contributed by atoms with E-state index in [9.17, 15) is 13.2 Å². The summed E-state index contributed by atoms with van der Waals surface area (Å²) in [7, 11) is -2.17. The zero-order valence-electron chi connectivity index (χ0n) is 9.27. The van der Waals surface area contributed by atoms with E-state index in [-0.39, 0.29) is 17.2 Å². The molecule has 0 bridgehead atoms. The van der Waals surface area contributed by atoms with Crippen LogP contribution in [0.1, 0.15) is 15.9 Å². The van der Waals surface area contributed by atoms with Crippen LogP contribution in [-0.2, 0) is 10.1 Å². The van der Waals surface area contributed by atoms with Crippen molar-refractivity contribution >= 4 is 16.0 Å². The zero-order valence-corrected chi connectivity index (χ0v) is 10.1. The number of hydrogen-bond donors (Lipinski definition) is 1. The molecule has 0 aliphatic heterocycles. The van der Waals surface area contributed by atoms with Crippen molar-refractivity contribution in [3.05, 3.63) is 29.3 Å². The Hall–Kier alpha value is -1.56. The third-order valence-corrected chi connectivity index (χ3v) is 2.33. The summed E-state index contributed by atoms with van der Waals surface area (Å²) in [5, 5.41) is 2.42. The van der Waals surface area contributed by atoms with E-state index in [0.29, 0.717) is 0 Å². The van der Waals surface area contributed by atoms with Crippen molar-refractivity contribution in [2.45, 2.75) is 6.92 Å². The van der Waals surface area contributed by atoms with E-state index < -0.39 is 10.1 Å². The summed E-state index contributed by atoms with van der Waals surface area (Å²) in [6.45, 7) is 1.80. The second kappa shape index (κ2) is 4.52. The molecule has 1 aromatic rings. The van der Waals surface area contributed by atoms with Gasteiger partial charge in [-0.25, -0.2) is 0 Å². The molecule has 0 aliphatic carbocycles. The summed E-state index contributed by atoms with van der Waals surface area (Å²) in [6, 6.07) is 4.70. The van der Waals surface area contributed by atoms with Gasteiger partial charge >= 0.3 is 10.1 Å². The summed E-state index contributed by atoms with van der Waals surface area (Å²) in [6.07, 6.45) is 0.931. The first-order valence-electron chi connectivity index (χ1n) is 4.55. The smallest absolute Gasteiger partial charge is 0.306 e. The standard InChI is InChI=1S/C10H13NO4S/c1-7-4-5-9(15-16(3,13)14)8(6-7)10(12)11-2/h4-6H,1-3H3,(H,11,12). The minimum Gasteiger partial charge on any atom is -0.382 e. The molecule has 16 heavy (non-hydrogen) atoms. The van der Waals surface area contributed by atoms with Gasteiger partial charge in [0, 0.05) is 7.05 Å². The molecule has 0 fully saturated rings. The van der Waals surface area contributed by atoms with Crippen LogP contribution in [0.4, 0.5) is 0 Å². The van der Waals surface area contributed by atoms with Crippen molar-refractivity contribution in [1.82, 2.24) is 5.32 Å². The average molecular weight is 243 g/mol. The van der Waals surface area contributed by atoms with E-state index in [0.717, 1.165) is 11.8 Å². The van der Waals surface area contributed by atoms with Crippen molar-refractivity contribution in [2.75, 3.05) is 13.3 Å². The number of carbonyl (C=O) groups is 1. The number of benzene rings is 1. The summed E-state index contributed by atoms with van der Waals surface area (Å²) in [5.41, 5.74) is 1.05. The van der Waals surface area contributed by atoms with Gasteiger partial charge in [-0.15, -0.1) is 0 Å². The second-order valence-electron chi connectivity index (χ2n) is 3.37. The SMILES string of the molecule is CNC(=O)c1cc(C)ccc1OS(C)(=O)=O. The maximum atomic E-state index is 11.5. The van der Waals surface area contributed by atoms with Gasteiger partial charge in [0.25, 0.3) is 5.91 Å². The number of hydrogen-bond acceptors (Lipinski definition) is 4. The molecule has 0 radical (unpaired) electrons. The maximum absolute atomic E-state index is 11.5. The minimum atomic E-state index is -3.63. The quantitative estimate of drug-likeness (QED) is 0.793. The van der Waals surface area contributed by atoms with Crippen LogP contribution in [0.15, 0.2) is 18.2 Å². The van der Waals surface area contributed by atoms with E-state index in [1.165, 1.54) is 13.1 Å². The van der Waals surface area contributed by atoms with Gasteiger partial charge in [0.05, 0.1) is 11.8 Å². The highest BCUT2D eigenvalue weighted by Gasteiger charge is 2.15. The van der Waals surface area contributed by atoms with Crippen LogP contribution in [0.5, 0.6) is 5.75 Å².